The van der Waals surface area contributed by atoms with Crippen LogP contribution in [0.25, 0.3) is 22.2 Å². The number of aldehydes is 1. The molecule has 0 bridgehead atoms. The summed E-state index contributed by atoms with van der Waals surface area (Å²) < 4.78 is 5.37. The van der Waals surface area contributed by atoms with Gasteiger partial charge in [0.2, 0.25) is 0 Å². The number of aromatic amines is 1. The quantitative estimate of drug-likeness (QED) is 0.739. The maximum atomic E-state index is 10.9. The molecule has 4 heteroatoms. The lowest BCUT2D eigenvalue weighted by atomic mass is 10.0. The Morgan fingerprint density at radius 1 is 1.20 bits per heavy atom. The number of aryl methyl sites for hydroxylation is 1. The van der Waals surface area contributed by atoms with Gasteiger partial charge in [0.1, 0.15) is 17.9 Å². The van der Waals surface area contributed by atoms with Crippen molar-refractivity contribution in [2.24, 2.45) is 0 Å². The SMILES string of the molecule is COc1ccc(C=O)cc1-c1ccc2[nH]c(C)nc2c1. The summed E-state index contributed by atoms with van der Waals surface area (Å²) in [7, 11) is 1.62. The largest absolute Gasteiger partial charge is 0.496 e. The molecule has 2 aromatic carbocycles. The Balaban J connectivity index is 2.20. The molecule has 0 aliphatic carbocycles. The van der Waals surface area contributed by atoms with E-state index in [4.69, 9.17) is 4.74 Å². The summed E-state index contributed by atoms with van der Waals surface area (Å²) in [5.41, 5.74) is 4.39. The number of fused-ring (bicyclic) bond motifs is 1. The molecule has 0 amide bonds. The van der Waals surface area contributed by atoms with Crippen molar-refractivity contribution in [1.29, 1.82) is 0 Å². The zero-order valence-electron chi connectivity index (χ0n) is 11.3. The highest BCUT2D eigenvalue weighted by atomic mass is 16.5. The first-order valence-corrected chi connectivity index (χ1v) is 6.31. The number of ether oxygens (including phenoxy) is 1. The van der Waals surface area contributed by atoms with E-state index in [9.17, 15) is 4.79 Å². The average Bonchev–Trinajstić information content (AvgIpc) is 2.85. The second kappa shape index (κ2) is 4.81. The Kier molecular flexibility index (Phi) is 2.99. The number of H-pyrrole nitrogens is 1. The molecule has 0 radical (unpaired) electrons. The second-order valence-corrected chi connectivity index (χ2v) is 4.63. The number of rotatable bonds is 3. The summed E-state index contributed by atoms with van der Waals surface area (Å²) in [5, 5.41) is 0. The van der Waals surface area contributed by atoms with Crippen molar-refractivity contribution in [2.75, 3.05) is 7.11 Å². The van der Waals surface area contributed by atoms with Gasteiger partial charge in [-0.15, -0.1) is 0 Å². The summed E-state index contributed by atoms with van der Waals surface area (Å²) in [5.74, 6) is 1.62. The molecule has 0 atom stereocenters. The Bertz CT molecular complexity index is 790. The third kappa shape index (κ3) is 2.05. The highest BCUT2D eigenvalue weighted by molar-refractivity contribution is 5.86. The fourth-order valence-electron chi connectivity index (χ4n) is 2.33. The van der Waals surface area contributed by atoms with Gasteiger partial charge < -0.3 is 9.72 Å². The molecule has 1 aromatic heterocycles. The monoisotopic (exact) mass is 266 g/mol. The molecule has 1 heterocycles. The summed E-state index contributed by atoms with van der Waals surface area (Å²) in [6, 6.07) is 11.3. The van der Waals surface area contributed by atoms with Crippen molar-refractivity contribution >= 4 is 17.3 Å². The first kappa shape index (κ1) is 12.4. The molecule has 0 saturated heterocycles. The smallest absolute Gasteiger partial charge is 0.150 e. The van der Waals surface area contributed by atoms with E-state index < -0.39 is 0 Å². The normalized spacial score (nSPS) is 10.7. The van der Waals surface area contributed by atoms with E-state index in [1.165, 1.54) is 0 Å². The molecular weight excluding hydrogens is 252 g/mol. The maximum Gasteiger partial charge on any atom is 0.150 e. The number of carbonyl (C=O) groups is 1. The number of aromatic nitrogens is 2. The number of carbonyl (C=O) groups excluding carboxylic acids is 1. The van der Waals surface area contributed by atoms with Gasteiger partial charge in [-0.25, -0.2) is 4.98 Å². The van der Waals surface area contributed by atoms with E-state index in [1.807, 2.05) is 31.2 Å². The van der Waals surface area contributed by atoms with Crippen molar-refractivity contribution in [3.63, 3.8) is 0 Å². The van der Waals surface area contributed by atoms with Crippen LogP contribution in [0.1, 0.15) is 16.2 Å². The number of benzene rings is 2. The van der Waals surface area contributed by atoms with E-state index in [2.05, 4.69) is 9.97 Å². The van der Waals surface area contributed by atoms with Crippen molar-refractivity contribution in [2.45, 2.75) is 6.92 Å². The third-order valence-corrected chi connectivity index (χ3v) is 3.27. The lowest BCUT2D eigenvalue weighted by Crippen LogP contribution is -1.90. The van der Waals surface area contributed by atoms with E-state index >= 15 is 0 Å². The molecule has 3 aromatic rings. The predicted octanol–water partition coefficient (Wildman–Crippen LogP) is 3.36. The van der Waals surface area contributed by atoms with E-state index in [0.29, 0.717) is 5.56 Å². The van der Waals surface area contributed by atoms with Gasteiger partial charge in [-0.1, -0.05) is 6.07 Å². The van der Waals surface area contributed by atoms with Crippen LogP contribution >= 0.6 is 0 Å². The summed E-state index contributed by atoms with van der Waals surface area (Å²) >= 11 is 0. The molecule has 100 valence electrons. The number of imidazole rings is 1. The number of nitrogens with one attached hydrogen (secondary N) is 1. The van der Waals surface area contributed by atoms with E-state index in [1.54, 1.807) is 19.2 Å². The van der Waals surface area contributed by atoms with Crippen LogP contribution in [-0.2, 0) is 0 Å². The van der Waals surface area contributed by atoms with Crippen LogP contribution in [-0.4, -0.2) is 23.4 Å². The Hall–Kier alpha value is -2.62. The molecule has 20 heavy (non-hydrogen) atoms. The minimum Gasteiger partial charge on any atom is -0.496 e. The lowest BCUT2D eigenvalue weighted by molar-refractivity contribution is 0.112. The fourth-order valence-corrected chi connectivity index (χ4v) is 2.33. The van der Waals surface area contributed by atoms with Crippen LogP contribution in [0.2, 0.25) is 0 Å². The molecule has 0 fully saturated rings. The molecule has 4 nitrogen and oxygen atoms in total. The highest BCUT2D eigenvalue weighted by Gasteiger charge is 2.09. The molecule has 0 aliphatic rings. The highest BCUT2D eigenvalue weighted by Crippen LogP contribution is 2.32. The minimum absolute atomic E-state index is 0.624. The molecule has 3 rings (SSSR count). The van der Waals surface area contributed by atoms with Gasteiger partial charge in [0.05, 0.1) is 18.1 Å². The van der Waals surface area contributed by atoms with Crippen LogP contribution < -0.4 is 4.74 Å². The molecule has 0 spiro atoms. The Morgan fingerprint density at radius 2 is 2.05 bits per heavy atom. The number of hydrogen-bond acceptors (Lipinski definition) is 3. The first-order valence-electron chi connectivity index (χ1n) is 6.31. The number of methoxy groups -OCH3 is 1. The van der Waals surface area contributed by atoms with Gasteiger partial charge >= 0.3 is 0 Å². The van der Waals surface area contributed by atoms with Crippen molar-refractivity contribution in [3.05, 3.63) is 47.8 Å². The summed E-state index contributed by atoms with van der Waals surface area (Å²) in [6.45, 7) is 1.92. The average molecular weight is 266 g/mol. The molecular formula is C16H14N2O2. The minimum atomic E-state index is 0.624. The van der Waals surface area contributed by atoms with Gasteiger partial charge in [-0.2, -0.15) is 0 Å². The molecule has 1 N–H and O–H groups in total. The van der Waals surface area contributed by atoms with Gasteiger partial charge in [0, 0.05) is 11.1 Å². The van der Waals surface area contributed by atoms with E-state index in [-0.39, 0.29) is 0 Å². The fraction of sp³-hybridized carbons (Fsp3) is 0.125. The van der Waals surface area contributed by atoms with Crippen molar-refractivity contribution in [1.82, 2.24) is 9.97 Å². The van der Waals surface area contributed by atoms with Crippen molar-refractivity contribution < 1.29 is 9.53 Å². The van der Waals surface area contributed by atoms with Crippen LogP contribution in [0.4, 0.5) is 0 Å². The Morgan fingerprint density at radius 3 is 2.80 bits per heavy atom. The second-order valence-electron chi connectivity index (χ2n) is 4.63. The predicted molar refractivity (Wildman–Crippen MR) is 78.2 cm³/mol. The van der Waals surface area contributed by atoms with Gasteiger partial charge in [0.25, 0.3) is 0 Å². The van der Waals surface area contributed by atoms with Crippen LogP contribution in [0.3, 0.4) is 0 Å². The van der Waals surface area contributed by atoms with E-state index in [0.717, 1.165) is 40.0 Å². The standard InChI is InChI=1S/C16H14N2O2/c1-10-17-14-5-4-12(8-15(14)18-10)13-7-11(9-19)3-6-16(13)20-2/h3-9H,1-2H3,(H,17,18). The van der Waals surface area contributed by atoms with Gasteiger partial charge in [-0.05, 0) is 42.8 Å². The third-order valence-electron chi connectivity index (χ3n) is 3.27. The topological polar surface area (TPSA) is 55.0 Å². The van der Waals surface area contributed by atoms with Crippen LogP contribution in [0, 0.1) is 6.92 Å². The maximum absolute atomic E-state index is 10.9. The van der Waals surface area contributed by atoms with Gasteiger partial charge in [0.15, 0.2) is 0 Å². The zero-order chi connectivity index (χ0) is 14.1. The van der Waals surface area contributed by atoms with Gasteiger partial charge in [-0.3, -0.25) is 4.79 Å². The zero-order valence-corrected chi connectivity index (χ0v) is 11.3. The number of nitrogens with zero attached hydrogens (tertiary/aromatic N) is 1. The summed E-state index contributed by atoms with van der Waals surface area (Å²) in [6.07, 6.45) is 0.833. The van der Waals surface area contributed by atoms with Crippen molar-refractivity contribution in [3.8, 4) is 16.9 Å². The first-order chi connectivity index (χ1) is 9.71. The van der Waals surface area contributed by atoms with Crippen LogP contribution in [0.15, 0.2) is 36.4 Å². The lowest BCUT2D eigenvalue weighted by Gasteiger charge is -2.09. The molecule has 0 unspecified atom stereocenters. The number of hydrogen-bond donors (Lipinski definition) is 1. The van der Waals surface area contributed by atoms with Crippen LogP contribution in [0.5, 0.6) is 5.75 Å². The Labute approximate surface area is 116 Å². The summed E-state index contributed by atoms with van der Waals surface area (Å²) in [4.78, 5) is 18.6. The molecule has 0 saturated carbocycles. The molecule has 0 aliphatic heterocycles.